The van der Waals surface area contributed by atoms with E-state index in [2.05, 4.69) is 9.88 Å². The van der Waals surface area contributed by atoms with E-state index in [1.807, 2.05) is 36.9 Å². The third-order valence-corrected chi connectivity index (χ3v) is 5.98. The largest absolute Gasteiger partial charge is 0.368 e. The first-order valence-corrected chi connectivity index (χ1v) is 10.1. The molecular formula is C21H28N4O2. The molecule has 4 rings (SSSR count). The van der Waals surface area contributed by atoms with E-state index in [4.69, 9.17) is 0 Å². The number of fused-ring (bicyclic) bond motifs is 1. The number of anilines is 1. The normalized spacial score (nSPS) is 18.6. The number of piperazine rings is 1. The lowest BCUT2D eigenvalue weighted by Gasteiger charge is -2.37. The number of nitrogens with zero attached hydrogens (tertiary/aromatic N) is 4. The molecule has 0 unspecified atom stereocenters. The van der Waals surface area contributed by atoms with Crippen LogP contribution in [0.15, 0.2) is 29.3 Å². The predicted octanol–water partition coefficient (Wildman–Crippen LogP) is 2.82. The lowest BCUT2D eigenvalue weighted by Crippen LogP contribution is -2.50. The van der Waals surface area contributed by atoms with Crippen LogP contribution in [-0.4, -0.2) is 46.5 Å². The second kappa shape index (κ2) is 7.33. The first kappa shape index (κ1) is 18.0. The molecule has 2 heterocycles. The van der Waals surface area contributed by atoms with Gasteiger partial charge in [-0.25, -0.2) is 4.98 Å². The van der Waals surface area contributed by atoms with Gasteiger partial charge in [-0.3, -0.25) is 14.2 Å². The van der Waals surface area contributed by atoms with E-state index in [0.717, 1.165) is 50.2 Å². The minimum Gasteiger partial charge on any atom is -0.368 e. The highest BCUT2D eigenvalue weighted by Gasteiger charge is 2.29. The summed E-state index contributed by atoms with van der Waals surface area (Å²) in [4.78, 5) is 34.0. The maximum Gasteiger partial charge on any atom is 0.261 e. The Labute approximate surface area is 159 Å². The molecule has 2 fully saturated rings. The molecule has 0 radical (unpaired) electrons. The van der Waals surface area contributed by atoms with Gasteiger partial charge in [-0.2, -0.15) is 0 Å². The SMILES string of the molecule is CC(C)n1cnc2cc(N3CCN(C(=O)C4CCCC4)CC3)ccc2c1=O. The van der Waals surface area contributed by atoms with E-state index in [1.54, 1.807) is 10.9 Å². The highest BCUT2D eigenvalue weighted by Crippen LogP contribution is 2.27. The number of carbonyl (C=O) groups is 1. The first-order chi connectivity index (χ1) is 13.0. The third-order valence-electron chi connectivity index (χ3n) is 5.98. The number of carbonyl (C=O) groups excluding carboxylic acids is 1. The number of hydrogen-bond acceptors (Lipinski definition) is 4. The minimum absolute atomic E-state index is 0.00790. The van der Waals surface area contributed by atoms with Crippen LogP contribution in [0.2, 0.25) is 0 Å². The van der Waals surface area contributed by atoms with Gasteiger partial charge in [0.1, 0.15) is 0 Å². The fourth-order valence-electron chi connectivity index (χ4n) is 4.30. The van der Waals surface area contributed by atoms with Crippen molar-refractivity contribution in [1.82, 2.24) is 14.5 Å². The Balaban J connectivity index is 1.48. The average molecular weight is 368 g/mol. The standard InChI is InChI=1S/C21H28N4O2/c1-15(2)25-14-22-19-13-17(7-8-18(19)21(25)27)23-9-11-24(12-10-23)20(26)16-5-3-4-6-16/h7-8,13-16H,3-6,9-12H2,1-2H3. The molecule has 1 saturated carbocycles. The fourth-order valence-corrected chi connectivity index (χ4v) is 4.30. The van der Waals surface area contributed by atoms with Crippen molar-refractivity contribution in [2.45, 2.75) is 45.6 Å². The number of aromatic nitrogens is 2. The average Bonchev–Trinajstić information content (AvgIpc) is 3.22. The van der Waals surface area contributed by atoms with Gasteiger partial charge >= 0.3 is 0 Å². The third kappa shape index (κ3) is 3.45. The summed E-state index contributed by atoms with van der Waals surface area (Å²) in [6.45, 7) is 7.16. The van der Waals surface area contributed by atoms with E-state index in [0.29, 0.717) is 11.3 Å². The number of rotatable bonds is 3. The molecule has 0 bridgehead atoms. The van der Waals surface area contributed by atoms with E-state index >= 15 is 0 Å². The molecule has 2 aromatic rings. The molecule has 0 N–H and O–H groups in total. The molecule has 1 saturated heterocycles. The van der Waals surface area contributed by atoms with Gasteiger partial charge in [0.25, 0.3) is 5.56 Å². The molecular weight excluding hydrogens is 340 g/mol. The second-order valence-corrected chi connectivity index (χ2v) is 8.05. The Morgan fingerprint density at radius 2 is 1.81 bits per heavy atom. The first-order valence-electron chi connectivity index (χ1n) is 10.1. The van der Waals surface area contributed by atoms with Gasteiger partial charge < -0.3 is 9.80 Å². The monoisotopic (exact) mass is 368 g/mol. The molecule has 144 valence electrons. The van der Waals surface area contributed by atoms with Crippen LogP contribution in [0.25, 0.3) is 10.9 Å². The molecule has 27 heavy (non-hydrogen) atoms. The molecule has 1 amide bonds. The summed E-state index contributed by atoms with van der Waals surface area (Å²) in [5, 5.41) is 0.657. The zero-order chi connectivity index (χ0) is 19.0. The highest BCUT2D eigenvalue weighted by molar-refractivity contribution is 5.82. The molecule has 1 aliphatic carbocycles. The maximum atomic E-state index is 12.6. The summed E-state index contributed by atoms with van der Waals surface area (Å²) in [5.74, 6) is 0.603. The second-order valence-electron chi connectivity index (χ2n) is 8.05. The van der Waals surface area contributed by atoms with Gasteiger partial charge in [-0.15, -0.1) is 0 Å². The quantitative estimate of drug-likeness (QED) is 0.836. The molecule has 1 aromatic carbocycles. The van der Waals surface area contributed by atoms with Crippen molar-refractivity contribution in [2.24, 2.45) is 5.92 Å². The summed E-state index contributed by atoms with van der Waals surface area (Å²) < 4.78 is 1.66. The summed E-state index contributed by atoms with van der Waals surface area (Å²) >= 11 is 0. The van der Waals surface area contributed by atoms with Crippen LogP contribution in [0.5, 0.6) is 0 Å². The number of benzene rings is 1. The summed E-state index contributed by atoms with van der Waals surface area (Å²) in [5.41, 5.74) is 1.82. The van der Waals surface area contributed by atoms with Crippen LogP contribution < -0.4 is 10.5 Å². The predicted molar refractivity (Wildman–Crippen MR) is 107 cm³/mol. The van der Waals surface area contributed by atoms with Crippen molar-refractivity contribution in [3.05, 3.63) is 34.9 Å². The zero-order valence-corrected chi connectivity index (χ0v) is 16.2. The van der Waals surface area contributed by atoms with Crippen LogP contribution in [0.3, 0.4) is 0 Å². The van der Waals surface area contributed by atoms with Crippen LogP contribution in [0.4, 0.5) is 5.69 Å². The molecule has 1 aliphatic heterocycles. The van der Waals surface area contributed by atoms with Gasteiger partial charge in [0, 0.05) is 43.8 Å². The maximum absolute atomic E-state index is 12.6. The summed E-state index contributed by atoms with van der Waals surface area (Å²) in [6.07, 6.45) is 6.14. The van der Waals surface area contributed by atoms with Crippen molar-refractivity contribution in [3.8, 4) is 0 Å². The topological polar surface area (TPSA) is 58.4 Å². The summed E-state index contributed by atoms with van der Waals surface area (Å²) in [6, 6.07) is 5.98. The van der Waals surface area contributed by atoms with Gasteiger partial charge in [0.15, 0.2) is 0 Å². The number of amides is 1. The molecule has 6 heteroatoms. The Morgan fingerprint density at radius 1 is 1.11 bits per heavy atom. The lowest BCUT2D eigenvalue weighted by molar-refractivity contribution is -0.135. The van der Waals surface area contributed by atoms with Gasteiger partial charge in [0.2, 0.25) is 5.91 Å². The molecule has 0 atom stereocenters. The number of hydrogen-bond donors (Lipinski definition) is 0. The molecule has 2 aliphatic rings. The summed E-state index contributed by atoms with van der Waals surface area (Å²) in [7, 11) is 0. The highest BCUT2D eigenvalue weighted by atomic mass is 16.2. The minimum atomic E-state index is 0.00790. The van der Waals surface area contributed by atoms with Crippen molar-refractivity contribution in [1.29, 1.82) is 0 Å². The Hall–Kier alpha value is -2.37. The van der Waals surface area contributed by atoms with Crippen LogP contribution in [0.1, 0.15) is 45.6 Å². The Morgan fingerprint density at radius 3 is 2.48 bits per heavy atom. The zero-order valence-electron chi connectivity index (χ0n) is 16.2. The fraction of sp³-hybridized carbons (Fsp3) is 0.571. The smallest absolute Gasteiger partial charge is 0.261 e. The van der Waals surface area contributed by atoms with E-state index < -0.39 is 0 Å². The van der Waals surface area contributed by atoms with Gasteiger partial charge in [0.05, 0.1) is 17.2 Å². The molecule has 6 nitrogen and oxygen atoms in total. The van der Waals surface area contributed by atoms with Crippen molar-refractivity contribution >= 4 is 22.5 Å². The molecule has 1 aromatic heterocycles. The Kier molecular flexibility index (Phi) is 4.89. The van der Waals surface area contributed by atoms with Crippen molar-refractivity contribution in [2.75, 3.05) is 31.1 Å². The van der Waals surface area contributed by atoms with E-state index in [1.165, 1.54) is 12.8 Å². The van der Waals surface area contributed by atoms with Gasteiger partial charge in [-0.05, 0) is 44.9 Å². The van der Waals surface area contributed by atoms with Crippen molar-refractivity contribution < 1.29 is 4.79 Å². The molecule has 0 spiro atoms. The van der Waals surface area contributed by atoms with Crippen LogP contribution >= 0.6 is 0 Å². The Bertz CT molecular complexity index is 891. The van der Waals surface area contributed by atoms with Gasteiger partial charge in [-0.1, -0.05) is 12.8 Å². The van der Waals surface area contributed by atoms with E-state index in [-0.39, 0.29) is 17.5 Å². The van der Waals surface area contributed by atoms with Crippen molar-refractivity contribution in [3.63, 3.8) is 0 Å². The lowest BCUT2D eigenvalue weighted by atomic mass is 10.1. The van der Waals surface area contributed by atoms with Crippen LogP contribution in [0, 0.1) is 5.92 Å². The van der Waals surface area contributed by atoms with E-state index in [9.17, 15) is 9.59 Å². The van der Waals surface area contributed by atoms with Crippen LogP contribution in [-0.2, 0) is 4.79 Å².